The third kappa shape index (κ3) is 7.37. The van der Waals surface area contributed by atoms with E-state index in [1.165, 1.54) is 11.1 Å². The van der Waals surface area contributed by atoms with Crippen molar-refractivity contribution in [3.63, 3.8) is 0 Å². The number of aromatic nitrogens is 1. The maximum absolute atomic E-state index is 4.32. The first-order valence-electron chi connectivity index (χ1n) is 8.92. The molecule has 0 saturated carbocycles. The first-order valence-corrected chi connectivity index (χ1v) is 8.92. The summed E-state index contributed by atoms with van der Waals surface area (Å²) in [4.78, 5) is 6.67. The van der Waals surface area contributed by atoms with Crippen LogP contribution in [0.4, 0.5) is 0 Å². The van der Waals surface area contributed by atoms with Crippen LogP contribution in [0.2, 0.25) is 0 Å². The Morgan fingerprint density at radius 2 is 1.73 bits per heavy atom. The van der Waals surface area contributed by atoms with Crippen LogP contribution in [0.25, 0.3) is 0 Å². The molecule has 2 rings (SSSR count). The Hall–Kier alpha value is -1.54. The molecule has 5 nitrogen and oxygen atoms in total. The zero-order chi connectivity index (χ0) is 18.1. The Kier molecular flexibility index (Phi) is 10.3. The van der Waals surface area contributed by atoms with E-state index < -0.39 is 0 Å². The SMILES string of the molecule is CN=C(NCCn1cccc1)NCc1ccccc1CN(C)C(C)C.I. The maximum atomic E-state index is 4.32. The van der Waals surface area contributed by atoms with Crippen LogP contribution in [0.1, 0.15) is 25.0 Å². The van der Waals surface area contributed by atoms with Gasteiger partial charge < -0.3 is 15.2 Å². The number of aliphatic imine (C=N–C) groups is 1. The van der Waals surface area contributed by atoms with Crippen molar-refractivity contribution < 1.29 is 0 Å². The lowest BCUT2D eigenvalue weighted by Gasteiger charge is -2.23. The second-order valence-corrected chi connectivity index (χ2v) is 6.55. The summed E-state index contributed by atoms with van der Waals surface area (Å²) in [6, 6.07) is 13.2. The van der Waals surface area contributed by atoms with Gasteiger partial charge in [0.05, 0.1) is 0 Å². The highest BCUT2D eigenvalue weighted by molar-refractivity contribution is 14.0. The van der Waals surface area contributed by atoms with Crippen LogP contribution >= 0.6 is 24.0 Å². The zero-order valence-corrected chi connectivity index (χ0v) is 18.6. The highest BCUT2D eigenvalue weighted by atomic mass is 127. The van der Waals surface area contributed by atoms with E-state index in [4.69, 9.17) is 0 Å². The lowest BCUT2D eigenvalue weighted by Crippen LogP contribution is -2.38. The van der Waals surface area contributed by atoms with E-state index in [2.05, 4.69) is 82.6 Å². The minimum atomic E-state index is 0. The molecule has 2 aromatic rings. The van der Waals surface area contributed by atoms with Crippen LogP contribution < -0.4 is 10.6 Å². The molecule has 0 spiro atoms. The van der Waals surface area contributed by atoms with E-state index in [-0.39, 0.29) is 24.0 Å². The van der Waals surface area contributed by atoms with Crippen molar-refractivity contribution in [2.75, 3.05) is 20.6 Å². The molecule has 0 saturated heterocycles. The molecule has 1 heterocycles. The van der Waals surface area contributed by atoms with Gasteiger partial charge in [0.25, 0.3) is 0 Å². The maximum Gasteiger partial charge on any atom is 0.191 e. The summed E-state index contributed by atoms with van der Waals surface area (Å²) in [5, 5.41) is 6.78. The fourth-order valence-electron chi connectivity index (χ4n) is 2.56. The van der Waals surface area contributed by atoms with Crippen molar-refractivity contribution in [3.8, 4) is 0 Å². The van der Waals surface area contributed by atoms with E-state index in [0.717, 1.165) is 32.1 Å². The molecule has 0 radical (unpaired) electrons. The molecule has 0 aliphatic carbocycles. The number of rotatable bonds is 8. The van der Waals surface area contributed by atoms with Crippen LogP contribution in [-0.4, -0.2) is 42.1 Å². The number of guanidine groups is 1. The fourth-order valence-corrected chi connectivity index (χ4v) is 2.56. The Balaban J connectivity index is 0.00000338. The van der Waals surface area contributed by atoms with Crippen LogP contribution in [-0.2, 0) is 19.6 Å². The van der Waals surface area contributed by atoms with Crippen LogP contribution in [0, 0.1) is 0 Å². The van der Waals surface area contributed by atoms with Crippen molar-refractivity contribution in [3.05, 3.63) is 59.9 Å². The van der Waals surface area contributed by atoms with Gasteiger partial charge in [0.2, 0.25) is 0 Å². The van der Waals surface area contributed by atoms with Gasteiger partial charge >= 0.3 is 0 Å². The Labute approximate surface area is 174 Å². The number of nitrogens with zero attached hydrogens (tertiary/aromatic N) is 3. The molecular formula is C20H32IN5. The van der Waals surface area contributed by atoms with Crippen molar-refractivity contribution in [2.45, 2.75) is 39.5 Å². The molecule has 0 atom stereocenters. The van der Waals surface area contributed by atoms with Crippen molar-refractivity contribution >= 4 is 29.9 Å². The van der Waals surface area contributed by atoms with Crippen molar-refractivity contribution in [1.82, 2.24) is 20.1 Å². The number of nitrogens with one attached hydrogen (secondary N) is 2. The van der Waals surface area contributed by atoms with Gasteiger partial charge in [0, 0.05) is 51.7 Å². The summed E-state index contributed by atoms with van der Waals surface area (Å²) in [7, 11) is 3.97. The molecule has 0 fully saturated rings. The molecule has 0 aliphatic rings. The fraction of sp³-hybridized carbons (Fsp3) is 0.450. The average molecular weight is 469 g/mol. The predicted molar refractivity (Wildman–Crippen MR) is 121 cm³/mol. The molecule has 1 aromatic heterocycles. The summed E-state index contributed by atoms with van der Waals surface area (Å²) in [6.07, 6.45) is 4.14. The minimum absolute atomic E-state index is 0. The number of hydrogen-bond acceptors (Lipinski definition) is 2. The zero-order valence-electron chi connectivity index (χ0n) is 16.3. The lowest BCUT2D eigenvalue weighted by molar-refractivity contribution is 0.265. The van der Waals surface area contributed by atoms with E-state index in [1.54, 1.807) is 0 Å². The Bertz CT molecular complexity index is 652. The summed E-state index contributed by atoms with van der Waals surface area (Å²) < 4.78 is 2.15. The third-order valence-electron chi connectivity index (χ3n) is 4.42. The largest absolute Gasteiger partial charge is 0.355 e. The second-order valence-electron chi connectivity index (χ2n) is 6.55. The summed E-state index contributed by atoms with van der Waals surface area (Å²) in [5.74, 6) is 0.833. The molecule has 0 bridgehead atoms. The van der Waals surface area contributed by atoms with Gasteiger partial charge in [-0.3, -0.25) is 9.89 Å². The summed E-state index contributed by atoms with van der Waals surface area (Å²) in [6.45, 7) is 7.92. The average Bonchev–Trinajstić information content (AvgIpc) is 3.12. The molecule has 0 aliphatic heterocycles. The minimum Gasteiger partial charge on any atom is -0.355 e. The molecule has 0 amide bonds. The first kappa shape index (κ1) is 22.5. The standard InChI is InChI=1S/C20H31N5.HI/c1-17(2)24(4)16-19-10-6-5-9-18(19)15-23-20(21-3)22-11-14-25-12-7-8-13-25;/h5-10,12-13,17H,11,14-16H2,1-4H3,(H2,21,22,23);1H. The van der Waals surface area contributed by atoms with E-state index >= 15 is 0 Å². The van der Waals surface area contributed by atoms with Crippen molar-refractivity contribution in [2.24, 2.45) is 4.99 Å². The van der Waals surface area contributed by atoms with Gasteiger partial charge in [-0.05, 0) is 44.2 Å². The first-order chi connectivity index (χ1) is 12.1. The Morgan fingerprint density at radius 1 is 1.08 bits per heavy atom. The van der Waals surface area contributed by atoms with Gasteiger partial charge in [0.1, 0.15) is 0 Å². The number of hydrogen-bond donors (Lipinski definition) is 2. The Morgan fingerprint density at radius 3 is 2.35 bits per heavy atom. The number of benzene rings is 1. The smallest absolute Gasteiger partial charge is 0.191 e. The van der Waals surface area contributed by atoms with Gasteiger partial charge in [-0.2, -0.15) is 0 Å². The van der Waals surface area contributed by atoms with Crippen LogP contribution in [0.3, 0.4) is 0 Å². The third-order valence-corrected chi connectivity index (χ3v) is 4.42. The van der Waals surface area contributed by atoms with Gasteiger partial charge in [-0.25, -0.2) is 0 Å². The molecule has 2 N–H and O–H groups in total. The molecule has 1 aromatic carbocycles. The molecule has 6 heteroatoms. The van der Waals surface area contributed by atoms with E-state index in [1.807, 2.05) is 19.2 Å². The highest BCUT2D eigenvalue weighted by Crippen LogP contribution is 2.12. The summed E-state index contributed by atoms with van der Waals surface area (Å²) in [5.41, 5.74) is 2.66. The van der Waals surface area contributed by atoms with Gasteiger partial charge in [0.15, 0.2) is 5.96 Å². The van der Waals surface area contributed by atoms with Gasteiger partial charge in [-0.15, -0.1) is 24.0 Å². The molecular weight excluding hydrogens is 437 g/mol. The second kappa shape index (κ2) is 12.0. The summed E-state index contributed by atoms with van der Waals surface area (Å²) >= 11 is 0. The lowest BCUT2D eigenvalue weighted by atomic mass is 10.1. The molecule has 144 valence electrons. The highest BCUT2D eigenvalue weighted by Gasteiger charge is 2.08. The van der Waals surface area contributed by atoms with Crippen molar-refractivity contribution in [1.29, 1.82) is 0 Å². The van der Waals surface area contributed by atoms with Crippen LogP contribution in [0.15, 0.2) is 53.8 Å². The number of halogens is 1. The molecule has 0 unspecified atom stereocenters. The normalized spacial score (nSPS) is 11.5. The van der Waals surface area contributed by atoms with Crippen LogP contribution in [0.5, 0.6) is 0 Å². The quantitative estimate of drug-likeness (QED) is 0.354. The predicted octanol–water partition coefficient (Wildman–Crippen LogP) is 3.31. The van der Waals surface area contributed by atoms with E-state index in [9.17, 15) is 0 Å². The topological polar surface area (TPSA) is 44.6 Å². The van der Waals surface area contributed by atoms with E-state index in [0.29, 0.717) is 6.04 Å². The van der Waals surface area contributed by atoms with Gasteiger partial charge in [-0.1, -0.05) is 24.3 Å². The monoisotopic (exact) mass is 469 g/mol. The molecule has 26 heavy (non-hydrogen) atoms.